The van der Waals surface area contributed by atoms with Crippen LogP contribution in [0.15, 0.2) is 42.5 Å². The molecule has 6 nitrogen and oxygen atoms in total. The zero-order valence-electron chi connectivity index (χ0n) is 15.6. The fraction of sp³-hybridized carbons (Fsp3) is 0.333. The molecule has 28 heavy (non-hydrogen) atoms. The Balaban J connectivity index is 1.63. The van der Waals surface area contributed by atoms with Crippen LogP contribution in [0.3, 0.4) is 0 Å². The van der Waals surface area contributed by atoms with Crippen LogP contribution in [0.25, 0.3) is 0 Å². The van der Waals surface area contributed by atoms with Crippen LogP contribution in [0, 0.1) is 0 Å². The SMILES string of the molecule is C[C@@H]1Oc2c(cccc2C(=O)N2C[C@H](c3ccccc3Cl)OC[C@@H]2C)NC1=O. The van der Waals surface area contributed by atoms with E-state index in [-0.39, 0.29) is 24.0 Å². The van der Waals surface area contributed by atoms with Crippen LogP contribution >= 0.6 is 11.6 Å². The molecule has 0 aliphatic carbocycles. The van der Waals surface area contributed by atoms with Crippen LogP contribution in [0.5, 0.6) is 5.75 Å². The highest BCUT2D eigenvalue weighted by Crippen LogP contribution is 2.36. The number of hydrogen-bond acceptors (Lipinski definition) is 4. The van der Waals surface area contributed by atoms with Gasteiger partial charge in [0.1, 0.15) is 6.10 Å². The van der Waals surface area contributed by atoms with Crippen molar-refractivity contribution in [1.82, 2.24) is 4.90 Å². The molecule has 0 radical (unpaired) electrons. The summed E-state index contributed by atoms with van der Waals surface area (Å²) in [6, 6.07) is 12.6. The van der Waals surface area contributed by atoms with Gasteiger partial charge in [0.2, 0.25) is 0 Å². The summed E-state index contributed by atoms with van der Waals surface area (Å²) in [5.74, 6) is 0.0243. The predicted molar refractivity (Wildman–Crippen MR) is 106 cm³/mol. The number of carbonyl (C=O) groups excluding carboxylic acids is 2. The molecule has 1 fully saturated rings. The number of fused-ring (bicyclic) bond motifs is 1. The van der Waals surface area contributed by atoms with Gasteiger partial charge in [0.15, 0.2) is 11.9 Å². The van der Waals surface area contributed by atoms with Gasteiger partial charge in [-0.2, -0.15) is 0 Å². The highest BCUT2D eigenvalue weighted by Gasteiger charge is 2.35. The zero-order valence-corrected chi connectivity index (χ0v) is 16.4. The molecule has 2 aliphatic heterocycles. The number of hydrogen-bond donors (Lipinski definition) is 1. The van der Waals surface area contributed by atoms with Crippen molar-refractivity contribution in [3.8, 4) is 5.75 Å². The van der Waals surface area contributed by atoms with E-state index >= 15 is 0 Å². The minimum atomic E-state index is -0.653. The molecule has 0 spiro atoms. The second-order valence-corrected chi connectivity index (χ2v) is 7.49. The van der Waals surface area contributed by atoms with Crippen LogP contribution in [-0.4, -0.2) is 42.0 Å². The van der Waals surface area contributed by atoms with Gasteiger partial charge in [0, 0.05) is 10.6 Å². The summed E-state index contributed by atoms with van der Waals surface area (Å²) in [5.41, 5.74) is 1.80. The molecule has 1 N–H and O–H groups in total. The molecule has 2 aromatic carbocycles. The number of halogens is 1. The van der Waals surface area contributed by atoms with Gasteiger partial charge in [-0.15, -0.1) is 0 Å². The van der Waals surface area contributed by atoms with Gasteiger partial charge in [-0.1, -0.05) is 35.9 Å². The van der Waals surface area contributed by atoms with E-state index in [9.17, 15) is 9.59 Å². The van der Waals surface area contributed by atoms with Crippen molar-refractivity contribution >= 4 is 29.1 Å². The Bertz CT molecular complexity index is 932. The summed E-state index contributed by atoms with van der Waals surface area (Å²) in [6.07, 6.45) is -0.952. The van der Waals surface area contributed by atoms with E-state index in [0.29, 0.717) is 35.2 Å². The van der Waals surface area contributed by atoms with E-state index in [1.54, 1.807) is 30.0 Å². The van der Waals surface area contributed by atoms with Gasteiger partial charge in [0.25, 0.3) is 11.8 Å². The number of benzene rings is 2. The highest BCUT2D eigenvalue weighted by molar-refractivity contribution is 6.31. The van der Waals surface area contributed by atoms with E-state index in [0.717, 1.165) is 5.56 Å². The standard InChI is InChI=1S/C21H21ClN2O4/c1-12-11-27-18(14-6-3-4-8-16(14)22)10-24(12)21(26)15-7-5-9-17-19(15)28-13(2)20(25)23-17/h3-9,12-13,18H,10-11H2,1-2H3,(H,23,25)/t12-,13-,18+/m0/s1. The average molecular weight is 401 g/mol. The quantitative estimate of drug-likeness (QED) is 0.835. The monoisotopic (exact) mass is 400 g/mol. The summed E-state index contributed by atoms with van der Waals surface area (Å²) < 4.78 is 11.7. The largest absolute Gasteiger partial charge is 0.478 e. The Hall–Kier alpha value is -2.57. The molecule has 2 amide bonds. The normalized spacial score (nSPS) is 24.2. The number of anilines is 1. The second kappa shape index (κ2) is 7.45. The topological polar surface area (TPSA) is 67.9 Å². The maximum Gasteiger partial charge on any atom is 0.265 e. The van der Waals surface area contributed by atoms with Crippen molar-refractivity contribution in [2.75, 3.05) is 18.5 Å². The molecule has 0 bridgehead atoms. The van der Waals surface area contributed by atoms with E-state index in [2.05, 4.69) is 5.32 Å². The molecule has 4 rings (SSSR count). The second-order valence-electron chi connectivity index (χ2n) is 7.08. The molecule has 7 heteroatoms. The molecule has 3 atom stereocenters. The zero-order chi connectivity index (χ0) is 19.8. The first-order valence-corrected chi connectivity index (χ1v) is 9.61. The minimum absolute atomic E-state index is 0.0994. The van der Waals surface area contributed by atoms with Gasteiger partial charge in [-0.25, -0.2) is 0 Å². The lowest BCUT2D eigenvalue weighted by Gasteiger charge is -2.39. The first-order chi connectivity index (χ1) is 13.5. The third-order valence-electron chi connectivity index (χ3n) is 5.11. The summed E-state index contributed by atoms with van der Waals surface area (Å²) in [7, 11) is 0. The number of rotatable bonds is 2. The lowest BCUT2D eigenvalue weighted by Crippen LogP contribution is -2.48. The van der Waals surface area contributed by atoms with Crippen molar-refractivity contribution in [3.05, 3.63) is 58.6 Å². The summed E-state index contributed by atoms with van der Waals surface area (Å²) in [4.78, 5) is 27.0. The lowest BCUT2D eigenvalue weighted by molar-refractivity contribution is -0.122. The van der Waals surface area contributed by atoms with E-state index < -0.39 is 6.10 Å². The lowest BCUT2D eigenvalue weighted by atomic mass is 10.0. The van der Waals surface area contributed by atoms with Gasteiger partial charge < -0.3 is 19.7 Å². The van der Waals surface area contributed by atoms with Crippen LogP contribution in [0.4, 0.5) is 5.69 Å². The molecule has 0 unspecified atom stereocenters. The number of amides is 2. The van der Waals surface area contributed by atoms with Crippen molar-refractivity contribution in [1.29, 1.82) is 0 Å². The number of ether oxygens (including phenoxy) is 2. The number of para-hydroxylation sites is 1. The summed E-state index contributed by atoms with van der Waals surface area (Å²) >= 11 is 6.32. The molecule has 2 heterocycles. The number of nitrogens with zero attached hydrogens (tertiary/aromatic N) is 1. The van der Waals surface area contributed by atoms with Crippen LogP contribution in [-0.2, 0) is 9.53 Å². The Morgan fingerprint density at radius 2 is 1.96 bits per heavy atom. The first kappa shape index (κ1) is 18.8. The Kier molecular flexibility index (Phi) is 5.00. The van der Waals surface area contributed by atoms with E-state index in [1.807, 2.05) is 31.2 Å². The smallest absolute Gasteiger partial charge is 0.265 e. The summed E-state index contributed by atoms with van der Waals surface area (Å²) in [6.45, 7) is 4.39. The van der Waals surface area contributed by atoms with Crippen molar-refractivity contribution in [2.24, 2.45) is 0 Å². The molecule has 1 saturated heterocycles. The highest BCUT2D eigenvalue weighted by atomic mass is 35.5. The van der Waals surface area contributed by atoms with E-state index in [4.69, 9.17) is 21.1 Å². The molecular formula is C21H21ClN2O4. The average Bonchev–Trinajstić information content (AvgIpc) is 2.69. The fourth-order valence-corrected chi connectivity index (χ4v) is 3.77. The number of nitrogens with one attached hydrogen (secondary N) is 1. The molecule has 2 aromatic rings. The van der Waals surface area contributed by atoms with Crippen LogP contribution in [0.2, 0.25) is 5.02 Å². The van der Waals surface area contributed by atoms with Gasteiger partial charge >= 0.3 is 0 Å². The van der Waals surface area contributed by atoms with Crippen molar-refractivity contribution in [2.45, 2.75) is 32.1 Å². The third kappa shape index (κ3) is 3.34. The van der Waals surface area contributed by atoms with Gasteiger partial charge in [-0.05, 0) is 32.0 Å². The van der Waals surface area contributed by atoms with Gasteiger partial charge in [0.05, 0.1) is 30.4 Å². The maximum atomic E-state index is 13.4. The Labute approximate surface area is 168 Å². The maximum absolute atomic E-state index is 13.4. The first-order valence-electron chi connectivity index (χ1n) is 9.23. The molecule has 0 aromatic heterocycles. The number of morpholine rings is 1. The Morgan fingerprint density at radius 3 is 2.75 bits per heavy atom. The third-order valence-corrected chi connectivity index (χ3v) is 5.46. The molecule has 0 saturated carbocycles. The fourth-order valence-electron chi connectivity index (χ4n) is 3.51. The minimum Gasteiger partial charge on any atom is -0.478 e. The van der Waals surface area contributed by atoms with E-state index in [1.165, 1.54) is 0 Å². The predicted octanol–water partition coefficient (Wildman–Crippen LogP) is 3.66. The van der Waals surface area contributed by atoms with Crippen molar-refractivity contribution < 1.29 is 19.1 Å². The van der Waals surface area contributed by atoms with Crippen LogP contribution in [0.1, 0.15) is 35.9 Å². The Morgan fingerprint density at radius 1 is 1.18 bits per heavy atom. The molecule has 2 aliphatic rings. The molecular weight excluding hydrogens is 380 g/mol. The van der Waals surface area contributed by atoms with Crippen molar-refractivity contribution in [3.63, 3.8) is 0 Å². The molecule has 146 valence electrons. The summed E-state index contributed by atoms with van der Waals surface area (Å²) in [5, 5.41) is 3.40. The van der Waals surface area contributed by atoms with Gasteiger partial charge in [-0.3, -0.25) is 9.59 Å². The van der Waals surface area contributed by atoms with Crippen LogP contribution < -0.4 is 10.1 Å². The number of carbonyl (C=O) groups is 2.